The molecular formula is C10H12N2S2. The molecule has 2 rings (SSSR count). The van der Waals surface area contributed by atoms with Gasteiger partial charge in [-0.25, -0.2) is 0 Å². The molecular weight excluding hydrogens is 212 g/mol. The molecule has 0 N–H and O–H groups in total. The number of rotatable bonds is 0. The predicted molar refractivity (Wildman–Crippen MR) is 66.4 cm³/mol. The molecule has 0 amide bonds. The first-order chi connectivity index (χ1) is 7.00. The van der Waals surface area contributed by atoms with Gasteiger partial charge in [-0.3, -0.25) is 9.97 Å². The second-order valence-corrected chi connectivity index (χ2v) is 2.05. The Hall–Kier alpha value is -1.00. The van der Waals surface area contributed by atoms with Crippen molar-refractivity contribution in [1.29, 1.82) is 0 Å². The van der Waals surface area contributed by atoms with Crippen LogP contribution in [0.3, 0.4) is 0 Å². The van der Waals surface area contributed by atoms with Crippen LogP contribution < -0.4 is 0 Å². The third kappa shape index (κ3) is 9.09. The second-order valence-electron chi connectivity index (χ2n) is 2.05. The maximum Gasteiger partial charge on any atom is 0.0267 e. The van der Waals surface area contributed by atoms with Crippen molar-refractivity contribution in [2.45, 2.75) is 0 Å². The molecule has 2 aromatic rings. The lowest BCUT2D eigenvalue weighted by molar-refractivity contribution is 1.33. The van der Waals surface area contributed by atoms with Crippen molar-refractivity contribution in [3.8, 4) is 0 Å². The van der Waals surface area contributed by atoms with E-state index in [0.29, 0.717) is 0 Å². The van der Waals surface area contributed by atoms with Crippen LogP contribution >= 0.6 is 23.3 Å². The summed E-state index contributed by atoms with van der Waals surface area (Å²) in [7, 11) is 0. The Bertz CT molecular complexity index is 192. The molecule has 0 aliphatic heterocycles. The molecule has 74 valence electrons. The number of thiol groups is 2. The number of pyridine rings is 2. The summed E-state index contributed by atoms with van der Waals surface area (Å²) in [5, 5.41) is 0. The largest absolute Gasteiger partial charge is 0.265 e. The topological polar surface area (TPSA) is 25.8 Å². The van der Waals surface area contributed by atoms with E-state index in [2.05, 4.69) is 33.3 Å². The molecule has 0 saturated heterocycles. The van der Waals surface area contributed by atoms with Gasteiger partial charge in [-0.1, -0.05) is 12.1 Å². The van der Waals surface area contributed by atoms with Gasteiger partial charge >= 0.3 is 0 Å². The zero-order chi connectivity index (χ0) is 10.5. The maximum absolute atomic E-state index is 3.78. The van der Waals surface area contributed by atoms with Gasteiger partial charge in [-0.15, -0.1) is 23.3 Å². The highest BCUT2D eigenvalue weighted by Crippen LogP contribution is 1.74. The van der Waals surface area contributed by atoms with E-state index in [1.165, 1.54) is 0 Å². The SMILES string of the molecule is SS.c1ccncc1.c1ccncc1. The molecule has 0 atom stereocenters. The minimum Gasteiger partial charge on any atom is -0.265 e. The first-order valence-electron chi connectivity index (χ1n) is 3.90. The van der Waals surface area contributed by atoms with Crippen molar-refractivity contribution >= 4 is 23.3 Å². The third-order valence-corrected chi connectivity index (χ3v) is 1.13. The zero-order valence-electron chi connectivity index (χ0n) is 7.56. The van der Waals surface area contributed by atoms with Crippen LogP contribution in [0.1, 0.15) is 0 Å². The molecule has 2 nitrogen and oxygen atoms in total. The number of hydrogen-bond donors (Lipinski definition) is 2. The lowest BCUT2D eigenvalue weighted by Crippen LogP contribution is -1.58. The molecule has 0 saturated carbocycles. The van der Waals surface area contributed by atoms with Crippen molar-refractivity contribution in [2.75, 3.05) is 0 Å². The van der Waals surface area contributed by atoms with E-state index in [1.54, 1.807) is 24.8 Å². The van der Waals surface area contributed by atoms with E-state index >= 15 is 0 Å². The van der Waals surface area contributed by atoms with Crippen molar-refractivity contribution in [3.05, 3.63) is 61.2 Å². The van der Waals surface area contributed by atoms with Gasteiger partial charge in [-0.2, -0.15) is 0 Å². The van der Waals surface area contributed by atoms with Crippen molar-refractivity contribution in [3.63, 3.8) is 0 Å². The van der Waals surface area contributed by atoms with Gasteiger partial charge in [0, 0.05) is 24.8 Å². The normalized spacial score (nSPS) is 7.29. The summed E-state index contributed by atoms with van der Waals surface area (Å²) in [6.45, 7) is 0. The van der Waals surface area contributed by atoms with E-state index in [1.807, 2.05) is 36.4 Å². The van der Waals surface area contributed by atoms with Gasteiger partial charge < -0.3 is 0 Å². The van der Waals surface area contributed by atoms with Crippen LogP contribution in [0.25, 0.3) is 0 Å². The average molecular weight is 224 g/mol. The fourth-order valence-corrected chi connectivity index (χ4v) is 0.625. The predicted octanol–water partition coefficient (Wildman–Crippen LogP) is 2.92. The molecule has 0 aliphatic carbocycles. The number of nitrogens with zero attached hydrogens (tertiary/aromatic N) is 2. The fourth-order valence-electron chi connectivity index (χ4n) is 0.625. The number of aromatic nitrogens is 2. The molecule has 0 bridgehead atoms. The van der Waals surface area contributed by atoms with Crippen molar-refractivity contribution in [1.82, 2.24) is 9.97 Å². The van der Waals surface area contributed by atoms with E-state index in [0.717, 1.165) is 0 Å². The van der Waals surface area contributed by atoms with Crippen LogP contribution in [-0.4, -0.2) is 9.97 Å². The number of hydrogen-bond acceptors (Lipinski definition) is 4. The second kappa shape index (κ2) is 12.0. The van der Waals surface area contributed by atoms with Crippen LogP contribution in [0.2, 0.25) is 0 Å². The van der Waals surface area contributed by atoms with E-state index in [9.17, 15) is 0 Å². The molecule has 0 aromatic carbocycles. The molecule has 2 aromatic heterocycles. The maximum atomic E-state index is 3.78. The van der Waals surface area contributed by atoms with Gasteiger partial charge in [0.05, 0.1) is 0 Å². The Morgan fingerprint density at radius 2 is 0.786 bits per heavy atom. The van der Waals surface area contributed by atoms with Gasteiger partial charge in [0.25, 0.3) is 0 Å². The molecule has 0 unspecified atom stereocenters. The first-order valence-corrected chi connectivity index (χ1v) is 5.50. The highest BCUT2D eigenvalue weighted by atomic mass is 33.1. The van der Waals surface area contributed by atoms with Crippen LogP contribution in [0.4, 0.5) is 0 Å². The summed E-state index contributed by atoms with van der Waals surface area (Å²) in [6.07, 6.45) is 7.00. The van der Waals surface area contributed by atoms with E-state index in [4.69, 9.17) is 0 Å². The van der Waals surface area contributed by atoms with Crippen LogP contribution in [0, 0.1) is 0 Å². The molecule has 2 heterocycles. The summed E-state index contributed by atoms with van der Waals surface area (Å²) in [6, 6.07) is 11.4. The van der Waals surface area contributed by atoms with Crippen LogP contribution in [0.15, 0.2) is 61.2 Å². The Morgan fingerprint density at radius 1 is 0.500 bits per heavy atom. The zero-order valence-corrected chi connectivity index (χ0v) is 9.35. The summed E-state index contributed by atoms with van der Waals surface area (Å²) in [5.41, 5.74) is 0. The molecule has 4 heteroatoms. The highest BCUT2D eigenvalue weighted by Gasteiger charge is 1.59. The first kappa shape index (κ1) is 13.0. The minimum absolute atomic E-state index is 1.75. The summed E-state index contributed by atoms with van der Waals surface area (Å²) < 4.78 is 0. The lowest BCUT2D eigenvalue weighted by Gasteiger charge is -1.70. The standard InChI is InChI=1S/2C5H5N.H2S2/c2*1-2-4-6-5-3-1;1-2/h2*1-5H;1-2H. The molecule has 0 fully saturated rings. The van der Waals surface area contributed by atoms with Gasteiger partial charge in [-0.05, 0) is 24.3 Å². The third-order valence-electron chi connectivity index (χ3n) is 1.13. The summed E-state index contributed by atoms with van der Waals surface area (Å²) in [5.74, 6) is 0. The van der Waals surface area contributed by atoms with Gasteiger partial charge in [0.1, 0.15) is 0 Å². The Balaban J connectivity index is 0.000000206. The lowest BCUT2D eigenvalue weighted by atomic mass is 10.5. The van der Waals surface area contributed by atoms with E-state index in [-0.39, 0.29) is 0 Å². The Morgan fingerprint density at radius 3 is 0.857 bits per heavy atom. The molecule has 0 spiro atoms. The van der Waals surface area contributed by atoms with Gasteiger partial charge in [0.15, 0.2) is 0 Å². The smallest absolute Gasteiger partial charge is 0.0267 e. The quantitative estimate of drug-likeness (QED) is 0.531. The monoisotopic (exact) mass is 224 g/mol. The molecule has 14 heavy (non-hydrogen) atoms. The average Bonchev–Trinajstić information content (AvgIpc) is 2.37. The highest BCUT2D eigenvalue weighted by molar-refractivity contribution is 8.59. The van der Waals surface area contributed by atoms with Crippen molar-refractivity contribution in [2.24, 2.45) is 0 Å². The molecule has 0 radical (unpaired) electrons. The van der Waals surface area contributed by atoms with E-state index < -0.39 is 0 Å². The minimum atomic E-state index is 1.75. The van der Waals surface area contributed by atoms with Gasteiger partial charge in [0.2, 0.25) is 0 Å². The summed E-state index contributed by atoms with van der Waals surface area (Å²) >= 11 is 6.44. The molecule has 0 aliphatic rings. The van der Waals surface area contributed by atoms with Crippen LogP contribution in [-0.2, 0) is 0 Å². The Kier molecular flexibility index (Phi) is 11.1. The fraction of sp³-hybridized carbons (Fsp3) is 0. The Labute approximate surface area is 94.6 Å². The van der Waals surface area contributed by atoms with Crippen molar-refractivity contribution < 1.29 is 0 Å². The van der Waals surface area contributed by atoms with Crippen LogP contribution in [0.5, 0.6) is 0 Å². The summed E-state index contributed by atoms with van der Waals surface area (Å²) in [4.78, 5) is 7.57.